The molecule has 0 radical (unpaired) electrons. The zero-order valence-corrected chi connectivity index (χ0v) is 33.7. The van der Waals surface area contributed by atoms with Crippen molar-refractivity contribution in [1.29, 1.82) is 0 Å². The van der Waals surface area contributed by atoms with Crippen molar-refractivity contribution in [3.63, 3.8) is 0 Å². The van der Waals surface area contributed by atoms with Crippen molar-refractivity contribution in [2.45, 2.75) is 5.41 Å². The third kappa shape index (κ3) is 4.94. The SMILES string of the molecule is c1ccc(-c2ccc(N(c3ccccc3)c3ccc(-n4c5cc6c(cc5c5ccc7ccccc7c54)C4(c5ccccc5O6)c5ccccc5-c5ccccc54)cc3)cc2)cc1. The van der Waals surface area contributed by atoms with Crippen LogP contribution >= 0.6 is 0 Å². The first kappa shape index (κ1) is 34.7. The van der Waals surface area contributed by atoms with E-state index in [-0.39, 0.29) is 0 Å². The summed E-state index contributed by atoms with van der Waals surface area (Å²) in [6.07, 6.45) is 0. The predicted molar refractivity (Wildman–Crippen MR) is 256 cm³/mol. The Morgan fingerprint density at radius 1 is 0.371 bits per heavy atom. The summed E-state index contributed by atoms with van der Waals surface area (Å²) in [5, 5.41) is 4.83. The highest BCUT2D eigenvalue weighted by Crippen LogP contribution is 2.62. The summed E-state index contributed by atoms with van der Waals surface area (Å²) in [5.74, 6) is 1.77. The molecular weight excluding hydrogens is 753 g/mol. The van der Waals surface area contributed by atoms with Crippen LogP contribution in [0.2, 0.25) is 0 Å². The van der Waals surface area contributed by atoms with Crippen molar-refractivity contribution >= 4 is 49.6 Å². The predicted octanol–water partition coefficient (Wildman–Crippen LogP) is 15.5. The van der Waals surface area contributed by atoms with E-state index in [1.165, 1.54) is 71.6 Å². The highest BCUT2D eigenvalue weighted by atomic mass is 16.5. The van der Waals surface area contributed by atoms with Gasteiger partial charge in [0.05, 0.1) is 16.4 Å². The molecule has 2 aliphatic rings. The molecule has 3 nitrogen and oxygen atoms in total. The fourth-order valence-corrected chi connectivity index (χ4v) is 10.6. The van der Waals surface area contributed by atoms with Crippen molar-refractivity contribution in [2.75, 3.05) is 4.90 Å². The van der Waals surface area contributed by atoms with Crippen LogP contribution in [0.1, 0.15) is 22.3 Å². The van der Waals surface area contributed by atoms with Gasteiger partial charge in [-0.1, -0.05) is 164 Å². The molecule has 0 fully saturated rings. The van der Waals surface area contributed by atoms with Gasteiger partial charge >= 0.3 is 0 Å². The van der Waals surface area contributed by atoms with Crippen LogP contribution < -0.4 is 9.64 Å². The number of hydrogen-bond acceptors (Lipinski definition) is 2. The van der Waals surface area contributed by atoms with E-state index in [0.717, 1.165) is 39.8 Å². The Bertz CT molecular complexity index is 3490. The fraction of sp³-hybridized carbons (Fsp3) is 0.0169. The standard InChI is InChI=1S/C59H38N2O/c1-3-15-39(16-4-1)40-27-30-43(31-28-40)60(42-18-5-2-6-19-42)44-32-34-45(35-33-44)61-55-38-57-54(37-50(55)49-36-29-41-17-7-8-20-46(41)58(49)61)59(53-25-13-14-26-56(53)62-57)51-23-11-9-21-47(51)48-22-10-12-24-52(48)59/h1-38H. The van der Waals surface area contributed by atoms with E-state index in [4.69, 9.17) is 4.74 Å². The number of nitrogens with zero attached hydrogens (tertiary/aromatic N) is 2. The Kier molecular flexibility index (Phi) is 7.52. The monoisotopic (exact) mass is 790 g/mol. The molecule has 0 saturated heterocycles. The van der Waals surface area contributed by atoms with Gasteiger partial charge in [0.1, 0.15) is 11.5 Å². The largest absolute Gasteiger partial charge is 0.457 e. The third-order valence-corrected chi connectivity index (χ3v) is 13.2. The second-order valence-corrected chi connectivity index (χ2v) is 16.4. The summed E-state index contributed by atoms with van der Waals surface area (Å²) in [5.41, 5.74) is 16.0. The zero-order valence-electron chi connectivity index (χ0n) is 33.7. The molecule has 11 aromatic rings. The van der Waals surface area contributed by atoms with Gasteiger partial charge in [0.25, 0.3) is 0 Å². The molecule has 1 aliphatic carbocycles. The normalized spacial score (nSPS) is 13.1. The van der Waals surface area contributed by atoms with Gasteiger partial charge in [0.2, 0.25) is 0 Å². The van der Waals surface area contributed by atoms with Gasteiger partial charge in [-0.15, -0.1) is 0 Å². The number of ether oxygens (including phenoxy) is 1. The molecule has 1 spiro atoms. The van der Waals surface area contributed by atoms with Crippen molar-refractivity contribution in [1.82, 2.24) is 4.57 Å². The molecule has 0 N–H and O–H groups in total. The lowest BCUT2D eigenvalue weighted by Crippen LogP contribution is -2.32. The van der Waals surface area contributed by atoms with E-state index in [1.54, 1.807) is 0 Å². The maximum Gasteiger partial charge on any atom is 0.134 e. The third-order valence-electron chi connectivity index (χ3n) is 13.2. The molecule has 62 heavy (non-hydrogen) atoms. The second-order valence-electron chi connectivity index (χ2n) is 16.4. The number of benzene rings is 10. The summed E-state index contributed by atoms with van der Waals surface area (Å²) >= 11 is 0. The van der Waals surface area contributed by atoms with Crippen molar-refractivity contribution in [3.05, 3.63) is 253 Å². The summed E-state index contributed by atoms with van der Waals surface area (Å²) in [7, 11) is 0. The minimum atomic E-state index is -0.543. The van der Waals surface area contributed by atoms with Gasteiger partial charge < -0.3 is 14.2 Å². The van der Waals surface area contributed by atoms with Gasteiger partial charge in [-0.2, -0.15) is 0 Å². The Balaban J connectivity index is 1.03. The van der Waals surface area contributed by atoms with Crippen LogP contribution in [0.3, 0.4) is 0 Å². The van der Waals surface area contributed by atoms with Crippen LogP contribution in [-0.2, 0) is 5.41 Å². The van der Waals surface area contributed by atoms with Crippen LogP contribution in [-0.4, -0.2) is 4.57 Å². The Labute approximate surface area is 360 Å². The quantitative estimate of drug-likeness (QED) is 0.173. The maximum atomic E-state index is 7.04. The molecule has 290 valence electrons. The number of aromatic nitrogens is 1. The Morgan fingerprint density at radius 3 is 1.66 bits per heavy atom. The molecule has 10 aromatic carbocycles. The number of hydrogen-bond donors (Lipinski definition) is 0. The second kappa shape index (κ2) is 13.4. The average molecular weight is 791 g/mol. The number of fused-ring (bicyclic) bond motifs is 14. The van der Waals surface area contributed by atoms with Crippen LogP contribution in [0.4, 0.5) is 17.1 Å². The number of para-hydroxylation sites is 2. The van der Waals surface area contributed by atoms with E-state index in [9.17, 15) is 0 Å². The molecule has 0 atom stereocenters. The first-order valence-corrected chi connectivity index (χ1v) is 21.3. The molecule has 0 saturated carbocycles. The molecule has 3 heteroatoms. The van der Waals surface area contributed by atoms with Gasteiger partial charge in [0, 0.05) is 56.1 Å². The summed E-state index contributed by atoms with van der Waals surface area (Å²) in [4.78, 5) is 2.33. The van der Waals surface area contributed by atoms with Gasteiger partial charge in [-0.05, 0) is 99.4 Å². The maximum absolute atomic E-state index is 7.04. The highest BCUT2D eigenvalue weighted by Gasteiger charge is 2.51. The van der Waals surface area contributed by atoms with Gasteiger partial charge in [0.15, 0.2) is 0 Å². The molecular formula is C59H38N2O. The first-order chi connectivity index (χ1) is 30.8. The molecule has 0 amide bonds. The average Bonchev–Trinajstić information content (AvgIpc) is 3.83. The molecule has 1 aromatic heterocycles. The number of rotatable bonds is 5. The van der Waals surface area contributed by atoms with E-state index in [1.807, 2.05) is 0 Å². The minimum Gasteiger partial charge on any atom is -0.457 e. The molecule has 13 rings (SSSR count). The van der Waals surface area contributed by atoms with Crippen LogP contribution in [0.15, 0.2) is 231 Å². The van der Waals surface area contributed by atoms with Crippen molar-refractivity contribution in [3.8, 4) is 39.4 Å². The lowest BCUT2D eigenvalue weighted by atomic mass is 9.66. The summed E-state index contributed by atoms with van der Waals surface area (Å²) in [6, 6.07) is 83.7. The molecule has 0 bridgehead atoms. The van der Waals surface area contributed by atoms with Gasteiger partial charge in [-0.3, -0.25) is 0 Å². The molecule has 0 unspecified atom stereocenters. The first-order valence-electron chi connectivity index (χ1n) is 21.3. The topological polar surface area (TPSA) is 17.4 Å². The van der Waals surface area contributed by atoms with E-state index < -0.39 is 5.41 Å². The van der Waals surface area contributed by atoms with Crippen LogP contribution in [0, 0.1) is 0 Å². The lowest BCUT2D eigenvalue weighted by Gasteiger charge is -2.39. The van der Waals surface area contributed by atoms with Crippen molar-refractivity contribution in [2.24, 2.45) is 0 Å². The summed E-state index contributed by atoms with van der Waals surface area (Å²) in [6.45, 7) is 0. The van der Waals surface area contributed by atoms with E-state index in [2.05, 4.69) is 240 Å². The van der Waals surface area contributed by atoms with E-state index in [0.29, 0.717) is 0 Å². The molecule has 1 aliphatic heterocycles. The molecule has 2 heterocycles. The Hall–Kier alpha value is -8.14. The fourth-order valence-electron chi connectivity index (χ4n) is 10.6. The van der Waals surface area contributed by atoms with E-state index >= 15 is 0 Å². The smallest absolute Gasteiger partial charge is 0.134 e. The lowest BCUT2D eigenvalue weighted by molar-refractivity contribution is 0.437. The minimum absolute atomic E-state index is 0.543. The van der Waals surface area contributed by atoms with Crippen LogP contribution in [0.5, 0.6) is 11.5 Å². The number of anilines is 3. The Morgan fingerprint density at radius 2 is 0.935 bits per heavy atom. The zero-order chi connectivity index (χ0) is 40.8. The summed E-state index contributed by atoms with van der Waals surface area (Å²) < 4.78 is 9.49. The van der Waals surface area contributed by atoms with Gasteiger partial charge in [-0.25, -0.2) is 0 Å². The highest BCUT2D eigenvalue weighted by molar-refractivity contribution is 6.19. The van der Waals surface area contributed by atoms with Crippen molar-refractivity contribution < 1.29 is 4.74 Å². The van der Waals surface area contributed by atoms with Crippen LogP contribution in [0.25, 0.3) is 60.5 Å².